The molecule has 2 heterocycles. The number of para-hydroxylation sites is 1. The van der Waals surface area contributed by atoms with Crippen LogP contribution in [0, 0.1) is 0 Å². The summed E-state index contributed by atoms with van der Waals surface area (Å²) in [4.78, 5) is 26.4. The van der Waals surface area contributed by atoms with Crippen molar-refractivity contribution < 1.29 is 19.4 Å². The molecule has 2 amide bonds. The lowest BCUT2D eigenvalue weighted by atomic mass is 9.75. The fourth-order valence-electron chi connectivity index (χ4n) is 4.48. The number of nitrogens with one attached hydrogen (secondary N) is 2. The van der Waals surface area contributed by atoms with Gasteiger partial charge >= 0.3 is 0 Å². The Bertz CT molecular complexity index is 740. The van der Waals surface area contributed by atoms with E-state index in [-0.39, 0.29) is 18.4 Å². The van der Waals surface area contributed by atoms with Crippen molar-refractivity contribution in [2.45, 2.75) is 69.7 Å². The minimum atomic E-state index is -1.04. The van der Waals surface area contributed by atoms with E-state index in [4.69, 9.17) is 4.74 Å². The van der Waals surface area contributed by atoms with Crippen LogP contribution < -0.4 is 10.6 Å². The van der Waals surface area contributed by atoms with E-state index in [2.05, 4.69) is 10.6 Å². The minimum Gasteiger partial charge on any atom is -0.388 e. The van der Waals surface area contributed by atoms with Gasteiger partial charge in [-0.3, -0.25) is 9.59 Å². The Balaban J connectivity index is 1.60. The number of aliphatic hydroxyl groups is 1. The highest BCUT2D eigenvalue weighted by Crippen LogP contribution is 2.40. The normalized spacial score (nSPS) is 26.8. The lowest BCUT2D eigenvalue weighted by molar-refractivity contribution is -0.190. The number of piperidine rings is 1. The number of anilines is 1. The highest BCUT2D eigenvalue weighted by molar-refractivity contribution is 5.88. The molecule has 1 aromatic carbocycles. The lowest BCUT2D eigenvalue weighted by Crippen LogP contribution is -2.64. The number of hydrogen-bond acceptors (Lipinski definition) is 5. The first-order valence-electron chi connectivity index (χ1n) is 10.3. The van der Waals surface area contributed by atoms with Crippen LogP contribution >= 0.6 is 0 Å². The molecule has 2 aliphatic rings. The van der Waals surface area contributed by atoms with Crippen molar-refractivity contribution in [3.05, 3.63) is 30.3 Å². The molecule has 1 spiro atoms. The van der Waals surface area contributed by atoms with Crippen molar-refractivity contribution in [1.82, 2.24) is 10.2 Å². The van der Waals surface area contributed by atoms with Crippen LogP contribution in [0.3, 0.4) is 0 Å². The minimum absolute atomic E-state index is 0.0508. The second-order valence-corrected chi connectivity index (χ2v) is 9.19. The molecule has 0 aromatic heterocycles. The molecule has 29 heavy (non-hydrogen) atoms. The highest BCUT2D eigenvalue weighted by Gasteiger charge is 2.50. The predicted octanol–water partition coefficient (Wildman–Crippen LogP) is 1.91. The predicted molar refractivity (Wildman–Crippen MR) is 111 cm³/mol. The van der Waals surface area contributed by atoms with Crippen molar-refractivity contribution >= 4 is 17.5 Å². The highest BCUT2D eigenvalue weighted by atomic mass is 16.5. The van der Waals surface area contributed by atoms with Crippen molar-refractivity contribution in [2.75, 3.05) is 25.0 Å². The molecular weight excluding hydrogens is 370 g/mol. The molecule has 0 saturated carbocycles. The van der Waals surface area contributed by atoms with Crippen LogP contribution in [0.4, 0.5) is 5.69 Å². The van der Waals surface area contributed by atoms with Crippen LogP contribution in [0.15, 0.2) is 30.3 Å². The van der Waals surface area contributed by atoms with E-state index in [1.165, 1.54) is 6.92 Å². The van der Waals surface area contributed by atoms with Gasteiger partial charge in [-0.2, -0.15) is 0 Å². The van der Waals surface area contributed by atoms with Crippen LogP contribution in [-0.4, -0.2) is 64.3 Å². The van der Waals surface area contributed by atoms with E-state index in [0.717, 1.165) is 5.69 Å². The van der Waals surface area contributed by atoms with Crippen molar-refractivity contribution in [2.24, 2.45) is 0 Å². The van der Waals surface area contributed by atoms with Crippen molar-refractivity contribution in [3.8, 4) is 0 Å². The maximum Gasteiger partial charge on any atom is 0.247 e. The monoisotopic (exact) mass is 403 g/mol. The summed E-state index contributed by atoms with van der Waals surface area (Å²) in [6.07, 6.45) is 1.78. The first-order valence-corrected chi connectivity index (χ1v) is 10.3. The van der Waals surface area contributed by atoms with Gasteiger partial charge in [0.15, 0.2) is 0 Å². The molecule has 2 fully saturated rings. The van der Waals surface area contributed by atoms with Crippen LogP contribution in [0.5, 0.6) is 0 Å². The summed E-state index contributed by atoms with van der Waals surface area (Å²) >= 11 is 0. The molecule has 160 valence electrons. The van der Waals surface area contributed by atoms with Gasteiger partial charge in [-0.1, -0.05) is 18.2 Å². The van der Waals surface area contributed by atoms with E-state index >= 15 is 0 Å². The molecule has 0 bridgehead atoms. The number of likely N-dealkylation sites (tertiary alicyclic amines) is 1. The Labute approximate surface area is 172 Å². The lowest BCUT2D eigenvalue weighted by Gasteiger charge is -2.51. The van der Waals surface area contributed by atoms with Gasteiger partial charge in [0.2, 0.25) is 11.8 Å². The number of benzene rings is 1. The summed E-state index contributed by atoms with van der Waals surface area (Å²) in [5, 5.41) is 17.0. The summed E-state index contributed by atoms with van der Waals surface area (Å²) < 4.78 is 6.14. The number of carbonyl (C=O) groups is 2. The van der Waals surface area contributed by atoms with E-state index in [1.807, 2.05) is 49.1 Å². The molecule has 0 radical (unpaired) electrons. The molecule has 3 rings (SSSR count). The average Bonchev–Trinajstić information content (AvgIpc) is 2.64. The Kier molecular flexibility index (Phi) is 5.92. The van der Waals surface area contributed by atoms with Gasteiger partial charge in [0.1, 0.15) is 5.54 Å². The molecule has 7 nitrogen and oxygen atoms in total. The van der Waals surface area contributed by atoms with Crippen molar-refractivity contribution in [3.63, 3.8) is 0 Å². The standard InChI is InChI=1S/C22H33N3O4/c1-16(26)23-18-14-29-22(15-21(18,4)28)10-12-25(13-11-22)19(27)20(2,3)24-17-8-6-5-7-9-17/h5-9,18,24,28H,10-15H2,1-4H3,(H,23,26)/t18-,21-/m0/s1. The molecular formula is C22H33N3O4. The summed E-state index contributed by atoms with van der Waals surface area (Å²) in [5.41, 5.74) is -1.30. The van der Waals surface area contributed by atoms with Gasteiger partial charge in [0.05, 0.1) is 23.9 Å². The van der Waals surface area contributed by atoms with Gasteiger partial charge in [-0.15, -0.1) is 0 Å². The third-order valence-corrected chi connectivity index (χ3v) is 6.09. The quantitative estimate of drug-likeness (QED) is 0.715. The van der Waals surface area contributed by atoms with Crippen molar-refractivity contribution in [1.29, 1.82) is 0 Å². The second-order valence-electron chi connectivity index (χ2n) is 9.19. The summed E-state index contributed by atoms with van der Waals surface area (Å²) in [7, 11) is 0. The Morgan fingerprint density at radius 3 is 2.38 bits per heavy atom. The number of carbonyl (C=O) groups excluding carboxylic acids is 2. The van der Waals surface area contributed by atoms with Crippen LogP contribution in [-0.2, 0) is 14.3 Å². The zero-order chi connectivity index (χ0) is 21.3. The topological polar surface area (TPSA) is 90.9 Å². The first kappa shape index (κ1) is 21.6. The molecule has 2 aliphatic heterocycles. The summed E-state index contributed by atoms with van der Waals surface area (Å²) in [6, 6.07) is 9.30. The third-order valence-electron chi connectivity index (χ3n) is 6.09. The maximum atomic E-state index is 13.1. The fourth-order valence-corrected chi connectivity index (χ4v) is 4.48. The average molecular weight is 404 g/mol. The smallest absolute Gasteiger partial charge is 0.247 e. The van der Waals surface area contributed by atoms with Gasteiger partial charge in [0, 0.05) is 32.1 Å². The Morgan fingerprint density at radius 1 is 1.21 bits per heavy atom. The van der Waals surface area contributed by atoms with E-state index < -0.39 is 22.8 Å². The van der Waals surface area contributed by atoms with Gasteiger partial charge in [0.25, 0.3) is 0 Å². The fraction of sp³-hybridized carbons (Fsp3) is 0.636. The van der Waals surface area contributed by atoms with Crippen LogP contribution in [0.25, 0.3) is 0 Å². The first-order chi connectivity index (χ1) is 13.5. The number of rotatable bonds is 4. The number of nitrogens with zero attached hydrogens (tertiary/aromatic N) is 1. The van der Waals surface area contributed by atoms with Crippen LogP contribution in [0.1, 0.15) is 47.0 Å². The molecule has 7 heteroatoms. The van der Waals surface area contributed by atoms with Gasteiger partial charge in [-0.05, 0) is 45.7 Å². The number of ether oxygens (including phenoxy) is 1. The molecule has 2 saturated heterocycles. The van der Waals surface area contributed by atoms with Gasteiger partial charge < -0.3 is 25.4 Å². The SMILES string of the molecule is CC(=O)N[C@H]1COC2(CCN(C(=O)C(C)(C)Nc3ccccc3)CC2)C[C@]1(C)O. The largest absolute Gasteiger partial charge is 0.388 e. The van der Waals surface area contributed by atoms with E-state index in [0.29, 0.717) is 32.4 Å². The van der Waals surface area contributed by atoms with E-state index in [9.17, 15) is 14.7 Å². The Hall–Kier alpha value is -2.12. The zero-order valence-corrected chi connectivity index (χ0v) is 17.8. The zero-order valence-electron chi connectivity index (χ0n) is 17.8. The summed E-state index contributed by atoms with van der Waals surface area (Å²) in [6.45, 7) is 8.43. The molecule has 2 atom stereocenters. The summed E-state index contributed by atoms with van der Waals surface area (Å²) in [5.74, 6) is -0.127. The van der Waals surface area contributed by atoms with Crippen LogP contribution in [0.2, 0.25) is 0 Å². The van der Waals surface area contributed by atoms with Gasteiger partial charge in [-0.25, -0.2) is 0 Å². The molecule has 0 unspecified atom stereocenters. The second kappa shape index (κ2) is 7.95. The maximum absolute atomic E-state index is 13.1. The van der Waals surface area contributed by atoms with E-state index in [1.54, 1.807) is 6.92 Å². The third kappa shape index (κ3) is 4.90. The molecule has 0 aliphatic carbocycles. The number of amides is 2. The Morgan fingerprint density at radius 2 is 1.83 bits per heavy atom. The number of hydrogen-bond donors (Lipinski definition) is 3. The molecule has 1 aromatic rings. The molecule has 3 N–H and O–H groups in total.